The Balaban J connectivity index is 1.67. The van der Waals surface area contributed by atoms with E-state index in [1.54, 1.807) is 5.57 Å². The molecule has 0 nitrogen and oxygen atoms in total. The minimum atomic E-state index is 0.772. The van der Waals surface area contributed by atoms with Gasteiger partial charge in [0.15, 0.2) is 0 Å². The van der Waals surface area contributed by atoms with Crippen molar-refractivity contribution in [3.63, 3.8) is 0 Å². The van der Waals surface area contributed by atoms with Crippen LogP contribution in [0, 0.1) is 11.8 Å². The van der Waals surface area contributed by atoms with E-state index in [1.165, 1.54) is 60.8 Å². The van der Waals surface area contributed by atoms with Crippen molar-refractivity contribution < 1.29 is 0 Å². The molecule has 25 heavy (non-hydrogen) atoms. The third kappa shape index (κ3) is 4.84. The van der Waals surface area contributed by atoms with Crippen LogP contribution in [0.5, 0.6) is 0 Å². The van der Waals surface area contributed by atoms with Crippen LogP contribution >= 0.6 is 0 Å². The summed E-state index contributed by atoms with van der Waals surface area (Å²) in [5.74, 6) is 1.67. The minimum Gasteiger partial charge on any atom is -0.0804 e. The molecule has 1 unspecified atom stereocenters. The summed E-state index contributed by atoms with van der Waals surface area (Å²) in [6.45, 7) is 6.90. The van der Waals surface area contributed by atoms with E-state index in [2.05, 4.69) is 75.4 Å². The van der Waals surface area contributed by atoms with Crippen LogP contribution in [0.25, 0.3) is 16.7 Å². The molecule has 0 radical (unpaired) electrons. The molecule has 2 aromatic carbocycles. The average Bonchev–Trinajstić information content (AvgIpc) is 2.67. The fourth-order valence-corrected chi connectivity index (χ4v) is 3.72. The lowest BCUT2D eigenvalue weighted by molar-refractivity contribution is 0.471. The van der Waals surface area contributed by atoms with Crippen molar-refractivity contribution in [2.24, 2.45) is 11.8 Å². The van der Waals surface area contributed by atoms with E-state index in [4.69, 9.17) is 0 Å². The summed E-state index contributed by atoms with van der Waals surface area (Å²) in [7, 11) is 0. The lowest BCUT2D eigenvalue weighted by Crippen LogP contribution is -2.03. The molecule has 0 spiro atoms. The molecule has 0 fully saturated rings. The number of rotatable bonds is 6. The first-order valence-electron chi connectivity index (χ1n) is 10.0. The highest BCUT2D eigenvalue weighted by Gasteiger charge is 2.13. The molecule has 3 rings (SSSR count). The molecular weight excluding hydrogens is 300 g/mol. The van der Waals surface area contributed by atoms with Gasteiger partial charge in [-0.15, -0.1) is 0 Å². The van der Waals surface area contributed by atoms with Gasteiger partial charge in [-0.25, -0.2) is 0 Å². The van der Waals surface area contributed by atoms with Crippen LogP contribution < -0.4 is 0 Å². The Hall–Kier alpha value is -1.82. The molecule has 0 saturated carbocycles. The maximum Gasteiger partial charge on any atom is -0.0184 e. The molecule has 0 saturated heterocycles. The van der Waals surface area contributed by atoms with Gasteiger partial charge in [0.25, 0.3) is 0 Å². The summed E-state index contributed by atoms with van der Waals surface area (Å²) >= 11 is 0. The smallest absolute Gasteiger partial charge is 0.0184 e. The first-order valence-corrected chi connectivity index (χ1v) is 10.0. The maximum absolute atomic E-state index is 2.47. The van der Waals surface area contributed by atoms with Crippen LogP contribution in [0.2, 0.25) is 0 Å². The monoisotopic (exact) mass is 332 g/mol. The van der Waals surface area contributed by atoms with E-state index in [0.717, 1.165) is 11.8 Å². The minimum absolute atomic E-state index is 0.772. The third-order valence-corrected chi connectivity index (χ3v) is 5.65. The molecule has 1 aliphatic carbocycles. The lowest BCUT2D eigenvalue weighted by atomic mass is 9.85. The van der Waals surface area contributed by atoms with Gasteiger partial charge in [-0.2, -0.15) is 0 Å². The SMILES string of the molecule is CCC1CC=C(c2ccc(-c3ccc(CCC(C)C)cc3)cc2)CC1. The Morgan fingerprint density at radius 3 is 2.00 bits per heavy atom. The zero-order valence-corrected chi connectivity index (χ0v) is 16.1. The van der Waals surface area contributed by atoms with Gasteiger partial charge in [-0.3, -0.25) is 0 Å². The second kappa shape index (κ2) is 8.52. The zero-order valence-electron chi connectivity index (χ0n) is 16.1. The summed E-state index contributed by atoms with van der Waals surface area (Å²) < 4.78 is 0. The van der Waals surface area contributed by atoms with E-state index < -0.39 is 0 Å². The molecule has 1 aliphatic rings. The summed E-state index contributed by atoms with van der Waals surface area (Å²) in [5.41, 5.74) is 7.05. The first kappa shape index (κ1) is 18.0. The van der Waals surface area contributed by atoms with Crippen molar-refractivity contribution in [1.82, 2.24) is 0 Å². The Morgan fingerprint density at radius 1 is 0.880 bits per heavy atom. The van der Waals surface area contributed by atoms with Crippen LogP contribution in [-0.2, 0) is 6.42 Å². The molecule has 0 heteroatoms. The predicted octanol–water partition coefficient (Wildman–Crippen LogP) is 7.54. The molecule has 1 atom stereocenters. The molecule has 132 valence electrons. The predicted molar refractivity (Wildman–Crippen MR) is 111 cm³/mol. The normalized spacial score (nSPS) is 17.6. The molecule has 0 aromatic heterocycles. The van der Waals surface area contributed by atoms with E-state index >= 15 is 0 Å². The third-order valence-electron chi connectivity index (χ3n) is 5.65. The van der Waals surface area contributed by atoms with Crippen LogP contribution in [0.15, 0.2) is 54.6 Å². The van der Waals surface area contributed by atoms with Crippen LogP contribution in [0.3, 0.4) is 0 Å². The van der Waals surface area contributed by atoms with Crippen molar-refractivity contribution in [2.75, 3.05) is 0 Å². The molecule has 0 aliphatic heterocycles. The largest absolute Gasteiger partial charge is 0.0804 e. The summed E-state index contributed by atoms with van der Waals surface area (Å²) in [4.78, 5) is 0. The van der Waals surface area contributed by atoms with Gasteiger partial charge in [-0.05, 0) is 71.8 Å². The molecular formula is C25H32. The summed E-state index contributed by atoms with van der Waals surface area (Å²) in [6.07, 6.45) is 10.1. The topological polar surface area (TPSA) is 0 Å². The Bertz CT molecular complexity index is 686. The summed E-state index contributed by atoms with van der Waals surface area (Å²) in [5, 5.41) is 0. The highest BCUT2D eigenvalue weighted by molar-refractivity contribution is 5.71. The van der Waals surface area contributed by atoms with Gasteiger partial charge in [0.2, 0.25) is 0 Å². The van der Waals surface area contributed by atoms with Crippen molar-refractivity contribution >= 4 is 5.57 Å². The first-order chi connectivity index (χ1) is 12.2. The van der Waals surface area contributed by atoms with Crippen LogP contribution in [0.4, 0.5) is 0 Å². The summed E-state index contributed by atoms with van der Waals surface area (Å²) in [6, 6.07) is 18.3. The highest BCUT2D eigenvalue weighted by Crippen LogP contribution is 2.32. The molecule has 0 bridgehead atoms. The number of benzene rings is 2. The van der Waals surface area contributed by atoms with Crippen molar-refractivity contribution in [3.8, 4) is 11.1 Å². The highest BCUT2D eigenvalue weighted by atomic mass is 14.2. The Kier molecular flexibility index (Phi) is 6.13. The van der Waals surface area contributed by atoms with Gasteiger partial charge in [0.1, 0.15) is 0 Å². The van der Waals surface area contributed by atoms with Crippen LogP contribution in [-0.4, -0.2) is 0 Å². The van der Waals surface area contributed by atoms with Gasteiger partial charge in [0.05, 0.1) is 0 Å². The van der Waals surface area contributed by atoms with Gasteiger partial charge in [0, 0.05) is 0 Å². The van der Waals surface area contributed by atoms with Crippen molar-refractivity contribution in [2.45, 2.75) is 59.3 Å². The zero-order chi connectivity index (χ0) is 17.6. The second-order valence-corrected chi connectivity index (χ2v) is 7.98. The number of allylic oxidation sites excluding steroid dienone is 2. The van der Waals surface area contributed by atoms with Crippen molar-refractivity contribution in [1.29, 1.82) is 0 Å². The fraction of sp³-hybridized carbons (Fsp3) is 0.440. The van der Waals surface area contributed by atoms with E-state index in [-0.39, 0.29) is 0 Å². The van der Waals surface area contributed by atoms with Crippen LogP contribution in [0.1, 0.15) is 64.0 Å². The Morgan fingerprint density at radius 2 is 1.48 bits per heavy atom. The number of aryl methyl sites for hydroxylation is 1. The van der Waals surface area contributed by atoms with E-state index in [1.807, 2.05) is 0 Å². The fourth-order valence-electron chi connectivity index (χ4n) is 3.72. The second-order valence-electron chi connectivity index (χ2n) is 7.98. The average molecular weight is 333 g/mol. The molecule has 2 aromatic rings. The maximum atomic E-state index is 2.47. The van der Waals surface area contributed by atoms with Crippen molar-refractivity contribution in [3.05, 3.63) is 65.7 Å². The van der Waals surface area contributed by atoms with Gasteiger partial charge in [-0.1, -0.05) is 81.8 Å². The standard InChI is InChI=1S/C25H32/c1-4-20-7-11-22(12-8-20)24-15-17-25(18-16-24)23-13-9-21(10-14-23)6-5-19(2)3/h9-11,13-20H,4-8,12H2,1-3H3. The van der Waals surface area contributed by atoms with E-state index in [9.17, 15) is 0 Å². The Labute approximate surface area is 154 Å². The van der Waals surface area contributed by atoms with Gasteiger partial charge >= 0.3 is 0 Å². The molecule has 0 heterocycles. The quantitative estimate of drug-likeness (QED) is 0.512. The van der Waals surface area contributed by atoms with E-state index in [0.29, 0.717) is 0 Å². The lowest BCUT2D eigenvalue weighted by Gasteiger charge is -2.20. The van der Waals surface area contributed by atoms with Gasteiger partial charge < -0.3 is 0 Å². The number of hydrogen-bond donors (Lipinski definition) is 0. The number of hydrogen-bond acceptors (Lipinski definition) is 0. The molecule has 0 N–H and O–H groups in total. The molecule has 0 amide bonds.